The maximum atomic E-state index is 12.8. The van der Waals surface area contributed by atoms with Crippen molar-refractivity contribution in [3.63, 3.8) is 0 Å². The minimum Gasteiger partial charge on any atom is -0.481 e. The highest BCUT2D eigenvalue weighted by molar-refractivity contribution is 5.95. The van der Waals surface area contributed by atoms with Crippen molar-refractivity contribution in [2.45, 2.75) is 45.4 Å². The number of rotatable bonds is 3. The van der Waals surface area contributed by atoms with E-state index in [1.807, 2.05) is 19.9 Å². The molecule has 0 saturated carbocycles. The summed E-state index contributed by atoms with van der Waals surface area (Å²) in [5.74, 6) is 0.303. The number of aromatic nitrogens is 1. The minimum absolute atomic E-state index is 0.0574. The Hall–Kier alpha value is -2.15. The molecule has 1 aromatic heterocycles. The molecule has 0 radical (unpaired) electrons. The average molecular weight is 333 g/mol. The van der Waals surface area contributed by atoms with Crippen LogP contribution >= 0.6 is 0 Å². The minimum atomic E-state index is -0.556. The molecule has 1 aromatic rings. The molecular formula is C17H23N3O4. The maximum Gasteiger partial charge on any atom is 0.246 e. The van der Waals surface area contributed by atoms with E-state index in [0.717, 1.165) is 16.8 Å². The van der Waals surface area contributed by atoms with Crippen molar-refractivity contribution in [2.75, 3.05) is 20.2 Å². The molecule has 7 heteroatoms. The average Bonchev–Trinajstić information content (AvgIpc) is 2.54. The number of carbonyl (C=O) groups excluding carboxylic acids is 2. The number of aliphatic hydroxyl groups is 1. The highest BCUT2D eigenvalue weighted by Crippen LogP contribution is 2.27. The molecule has 2 aliphatic heterocycles. The standard InChI is InChI=1S/C17H23N3O4/c1-10-6-11(2)18-16(24-3)13(10)8-19-9-15(22)20-5-4-12(21)7-14(20)17(19)23/h6,12,14,21H,4-5,7-9H2,1-3H3/t12-,14+/m1/s1. The summed E-state index contributed by atoms with van der Waals surface area (Å²) in [5, 5.41) is 9.85. The van der Waals surface area contributed by atoms with Gasteiger partial charge in [-0.3, -0.25) is 9.59 Å². The third-order valence-corrected chi connectivity index (χ3v) is 4.80. The van der Waals surface area contributed by atoms with Crippen molar-refractivity contribution in [3.8, 4) is 5.88 Å². The number of methoxy groups -OCH3 is 1. The molecule has 0 aliphatic carbocycles. The molecule has 24 heavy (non-hydrogen) atoms. The quantitative estimate of drug-likeness (QED) is 0.866. The maximum absolute atomic E-state index is 12.8. The van der Waals surface area contributed by atoms with Gasteiger partial charge in [-0.15, -0.1) is 0 Å². The molecule has 3 heterocycles. The smallest absolute Gasteiger partial charge is 0.246 e. The summed E-state index contributed by atoms with van der Waals surface area (Å²) in [4.78, 5) is 32.7. The Balaban J connectivity index is 1.86. The Morgan fingerprint density at radius 2 is 2.12 bits per heavy atom. The first kappa shape index (κ1) is 16.7. The van der Waals surface area contributed by atoms with Crippen LogP contribution in [0.1, 0.15) is 29.7 Å². The van der Waals surface area contributed by atoms with Crippen LogP contribution in [-0.4, -0.2) is 64.0 Å². The normalized spacial score (nSPS) is 24.2. The van der Waals surface area contributed by atoms with Crippen LogP contribution in [0.15, 0.2) is 6.07 Å². The molecule has 2 fully saturated rings. The molecule has 0 spiro atoms. The number of amides is 2. The molecule has 0 unspecified atom stereocenters. The van der Waals surface area contributed by atoms with E-state index in [-0.39, 0.29) is 24.9 Å². The van der Waals surface area contributed by atoms with Crippen molar-refractivity contribution in [2.24, 2.45) is 0 Å². The number of pyridine rings is 1. The Morgan fingerprint density at radius 1 is 1.38 bits per heavy atom. The number of ether oxygens (including phenoxy) is 1. The van der Waals surface area contributed by atoms with Crippen molar-refractivity contribution in [1.29, 1.82) is 0 Å². The van der Waals surface area contributed by atoms with Crippen LogP contribution in [0.2, 0.25) is 0 Å². The summed E-state index contributed by atoms with van der Waals surface area (Å²) >= 11 is 0. The lowest BCUT2D eigenvalue weighted by Crippen LogP contribution is -2.62. The molecule has 3 rings (SSSR count). The Labute approximate surface area is 141 Å². The van der Waals surface area contributed by atoms with E-state index in [4.69, 9.17) is 4.74 Å². The van der Waals surface area contributed by atoms with Crippen LogP contribution in [0.25, 0.3) is 0 Å². The zero-order chi connectivity index (χ0) is 17.4. The lowest BCUT2D eigenvalue weighted by atomic mass is 9.95. The first-order valence-electron chi connectivity index (χ1n) is 8.18. The summed E-state index contributed by atoms with van der Waals surface area (Å²) in [6, 6.07) is 1.38. The van der Waals surface area contributed by atoms with Gasteiger partial charge in [0.2, 0.25) is 17.7 Å². The number of carbonyl (C=O) groups is 2. The van der Waals surface area contributed by atoms with E-state index in [9.17, 15) is 14.7 Å². The Morgan fingerprint density at radius 3 is 2.83 bits per heavy atom. The number of fused-ring (bicyclic) bond motifs is 1. The Bertz CT molecular complexity index is 676. The van der Waals surface area contributed by atoms with Gasteiger partial charge < -0.3 is 19.6 Å². The van der Waals surface area contributed by atoms with Gasteiger partial charge in [0.15, 0.2) is 0 Å². The molecule has 2 saturated heterocycles. The van der Waals surface area contributed by atoms with Crippen molar-refractivity contribution in [1.82, 2.24) is 14.8 Å². The predicted octanol–water partition coefficient (Wildman–Crippen LogP) is 0.401. The fourth-order valence-electron chi connectivity index (χ4n) is 3.54. The van der Waals surface area contributed by atoms with Gasteiger partial charge in [-0.25, -0.2) is 4.98 Å². The van der Waals surface area contributed by atoms with Crippen LogP contribution < -0.4 is 4.74 Å². The number of piperazine rings is 1. The van der Waals surface area contributed by atoms with Gasteiger partial charge in [-0.1, -0.05) is 0 Å². The number of aliphatic hydroxyl groups excluding tert-OH is 1. The van der Waals surface area contributed by atoms with Crippen LogP contribution in [0, 0.1) is 13.8 Å². The first-order valence-corrected chi connectivity index (χ1v) is 8.18. The second kappa shape index (κ2) is 6.39. The zero-order valence-electron chi connectivity index (χ0n) is 14.3. The van der Waals surface area contributed by atoms with Crippen LogP contribution in [0.3, 0.4) is 0 Å². The largest absolute Gasteiger partial charge is 0.481 e. The molecule has 2 aliphatic rings. The topological polar surface area (TPSA) is 83.0 Å². The fraction of sp³-hybridized carbons (Fsp3) is 0.588. The van der Waals surface area contributed by atoms with Gasteiger partial charge in [-0.05, 0) is 31.9 Å². The van der Waals surface area contributed by atoms with Gasteiger partial charge in [0, 0.05) is 24.2 Å². The van der Waals surface area contributed by atoms with Crippen molar-refractivity contribution < 1.29 is 19.4 Å². The molecule has 2 amide bonds. The number of hydrogen-bond donors (Lipinski definition) is 1. The molecule has 130 valence electrons. The van der Waals surface area contributed by atoms with Gasteiger partial charge in [0.25, 0.3) is 0 Å². The molecule has 1 N–H and O–H groups in total. The summed E-state index contributed by atoms with van der Waals surface area (Å²) in [7, 11) is 1.55. The van der Waals surface area contributed by atoms with Crippen LogP contribution in [0.5, 0.6) is 5.88 Å². The third-order valence-electron chi connectivity index (χ3n) is 4.80. The Kier molecular flexibility index (Phi) is 4.45. The summed E-state index contributed by atoms with van der Waals surface area (Å²) in [5.41, 5.74) is 2.63. The van der Waals surface area contributed by atoms with E-state index in [0.29, 0.717) is 25.3 Å². The molecule has 7 nitrogen and oxygen atoms in total. The third kappa shape index (κ3) is 2.96. The van der Waals surface area contributed by atoms with Crippen LogP contribution in [-0.2, 0) is 16.1 Å². The molecular weight excluding hydrogens is 310 g/mol. The number of piperidine rings is 1. The summed E-state index contributed by atoms with van der Waals surface area (Å²) in [6.45, 7) is 4.61. The number of nitrogens with zero attached hydrogens (tertiary/aromatic N) is 3. The number of aryl methyl sites for hydroxylation is 2. The highest BCUT2D eigenvalue weighted by atomic mass is 16.5. The van der Waals surface area contributed by atoms with E-state index < -0.39 is 12.1 Å². The van der Waals surface area contributed by atoms with Gasteiger partial charge in [-0.2, -0.15) is 0 Å². The lowest BCUT2D eigenvalue weighted by molar-refractivity contribution is -0.160. The monoisotopic (exact) mass is 333 g/mol. The fourth-order valence-corrected chi connectivity index (χ4v) is 3.54. The van der Waals surface area contributed by atoms with Crippen LogP contribution in [0.4, 0.5) is 0 Å². The van der Waals surface area contributed by atoms with E-state index in [1.165, 1.54) is 0 Å². The first-order chi connectivity index (χ1) is 11.4. The van der Waals surface area contributed by atoms with Crippen molar-refractivity contribution in [3.05, 3.63) is 22.9 Å². The second-order valence-corrected chi connectivity index (χ2v) is 6.54. The zero-order valence-corrected chi connectivity index (χ0v) is 14.3. The lowest BCUT2D eigenvalue weighted by Gasteiger charge is -2.44. The second-order valence-electron chi connectivity index (χ2n) is 6.54. The summed E-state index contributed by atoms with van der Waals surface area (Å²) in [6.07, 6.45) is 0.313. The number of hydrogen-bond acceptors (Lipinski definition) is 5. The molecule has 0 bridgehead atoms. The van der Waals surface area contributed by atoms with Gasteiger partial charge >= 0.3 is 0 Å². The van der Waals surface area contributed by atoms with E-state index >= 15 is 0 Å². The predicted molar refractivity (Wildman–Crippen MR) is 86.4 cm³/mol. The van der Waals surface area contributed by atoms with E-state index in [1.54, 1.807) is 16.9 Å². The highest BCUT2D eigenvalue weighted by Gasteiger charge is 2.42. The van der Waals surface area contributed by atoms with E-state index in [2.05, 4.69) is 4.98 Å². The molecule has 0 aromatic carbocycles. The molecule has 2 atom stereocenters. The SMILES string of the molecule is COc1nc(C)cc(C)c1CN1CC(=O)N2CC[C@@H](O)C[C@H]2C1=O. The van der Waals surface area contributed by atoms with Crippen molar-refractivity contribution >= 4 is 11.8 Å². The summed E-state index contributed by atoms with van der Waals surface area (Å²) < 4.78 is 5.35. The van der Waals surface area contributed by atoms with Gasteiger partial charge in [0.1, 0.15) is 12.6 Å². The van der Waals surface area contributed by atoms with Gasteiger partial charge in [0.05, 0.1) is 19.8 Å².